The van der Waals surface area contributed by atoms with Gasteiger partial charge in [-0.1, -0.05) is 47.0 Å². The summed E-state index contributed by atoms with van der Waals surface area (Å²) in [5.41, 5.74) is 2.03. The molecule has 0 heterocycles. The lowest BCUT2D eigenvalue weighted by atomic mass is 10.1. The molecule has 4 nitrogen and oxygen atoms in total. The van der Waals surface area contributed by atoms with Crippen LogP contribution in [0.2, 0.25) is 10.0 Å². The number of thioether (sulfide) groups is 1. The van der Waals surface area contributed by atoms with E-state index in [-0.39, 0.29) is 11.8 Å². The predicted molar refractivity (Wildman–Crippen MR) is 117 cm³/mol. The maximum atomic E-state index is 12.9. The molecule has 0 fully saturated rings. The van der Waals surface area contributed by atoms with E-state index in [1.165, 1.54) is 5.56 Å². The maximum Gasteiger partial charge on any atom is 0.242 e. The van der Waals surface area contributed by atoms with Crippen LogP contribution in [0.5, 0.6) is 0 Å². The van der Waals surface area contributed by atoms with Gasteiger partial charge in [0.1, 0.15) is 6.04 Å². The van der Waals surface area contributed by atoms with Crippen molar-refractivity contribution in [2.75, 3.05) is 12.8 Å². The summed E-state index contributed by atoms with van der Waals surface area (Å²) in [5.74, 6) is 0.349. The summed E-state index contributed by atoms with van der Waals surface area (Å²) in [6.45, 7) is 4.06. The first-order valence-corrected chi connectivity index (χ1v) is 10.7. The minimum atomic E-state index is -0.587. The molecule has 1 atom stereocenters. The quantitative estimate of drug-likeness (QED) is 0.593. The summed E-state index contributed by atoms with van der Waals surface area (Å²) in [6.07, 6.45) is 0.335. The van der Waals surface area contributed by atoms with Crippen molar-refractivity contribution in [2.45, 2.75) is 37.8 Å². The molecule has 2 aromatic rings. The zero-order chi connectivity index (χ0) is 20.7. The number of carbonyl (C=O) groups excluding carboxylic acids is 2. The highest BCUT2D eigenvalue weighted by Gasteiger charge is 2.25. The van der Waals surface area contributed by atoms with Gasteiger partial charge in [0.15, 0.2) is 0 Å². The van der Waals surface area contributed by atoms with E-state index in [4.69, 9.17) is 23.2 Å². The summed E-state index contributed by atoms with van der Waals surface area (Å²) >= 11 is 13.7. The first-order chi connectivity index (χ1) is 13.3. The van der Waals surface area contributed by atoms with Gasteiger partial charge in [-0.3, -0.25) is 9.59 Å². The Balaban J connectivity index is 2.06. The molecule has 2 rings (SSSR count). The third-order valence-electron chi connectivity index (χ3n) is 4.36. The number of carbonyl (C=O) groups is 2. The Morgan fingerprint density at radius 2 is 1.79 bits per heavy atom. The number of hydrogen-bond acceptors (Lipinski definition) is 3. The minimum Gasteiger partial charge on any atom is -0.357 e. The number of nitrogens with one attached hydrogen (secondary N) is 1. The summed E-state index contributed by atoms with van der Waals surface area (Å²) in [4.78, 5) is 27.7. The Hall–Kier alpha value is -1.69. The zero-order valence-electron chi connectivity index (χ0n) is 16.2. The molecule has 0 aromatic heterocycles. The van der Waals surface area contributed by atoms with E-state index in [0.29, 0.717) is 28.8 Å². The first-order valence-electron chi connectivity index (χ1n) is 8.96. The number of aryl methyl sites for hydroxylation is 1. The molecule has 2 aromatic carbocycles. The molecule has 2 amide bonds. The number of likely N-dealkylation sites (N-methyl/N-ethyl adjacent to an activating group) is 1. The fourth-order valence-corrected chi connectivity index (χ4v) is 3.82. The van der Waals surface area contributed by atoms with Crippen molar-refractivity contribution in [1.29, 1.82) is 0 Å². The van der Waals surface area contributed by atoms with E-state index < -0.39 is 6.04 Å². The number of nitrogens with zero attached hydrogens (tertiary/aromatic N) is 1. The monoisotopic (exact) mass is 438 g/mol. The van der Waals surface area contributed by atoms with Gasteiger partial charge in [-0.25, -0.2) is 0 Å². The van der Waals surface area contributed by atoms with Crippen molar-refractivity contribution in [1.82, 2.24) is 10.2 Å². The summed E-state index contributed by atoms with van der Waals surface area (Å²) < 4.78 is 0. The predicted octanol–water partition coefficient (Wildman–Crippen LogP) is 4.95. The van der Waals surface area contributed by atoms with Crippen LogP contribution < -0.4 is 5.32 Å². The highest BCUT2D eigenvalue weighted by molar-refractivity contribution is 7.99. The second kappa shape index (κ2) is 10.7. The van der Waals surface area contributed by atoms with Gasteiger partial charge >= 0.3 is 0 Å². The standard InChI is InChI=1S/C21H24Cl2N2O2S/c1-14-4-7-17(8-5-14)28-11-10-20(26)25(15(2)21(27)24-3)13-16-6-9-18(22)19(23)12-16/h4-9,12,15H,10-11,13H2,1-3H3,(H,24,27)/t15-/m1/s1. The van der Waals surface area contributed by atoms with Crippen LogP contribution in [0.1, 0.15) is 24.5 Å². The molecule has 0 aliphatic rings. The molecule has 0 unspecified atom stereocenters. The fourth-order valence-electron chi connectivity index (χ4n) is 2.66. The molecule has 0 spiro atoms. The van der Waals surface area contributed by atoms with E-state index in [2.05, 4.69) is 5.32 Å². The highest BCUT2D eigenvalue weighted by Crippen LogP contribution is 2.24. The van der Waals surface area contributed by atoms with Gasteiger partial charge in [-0.05, 0) is 43.7 Å². The van der Waals surface area contributed by atoms with Crippen LogP contribution in [0.15, 0.2) is 47.4 Å². The number of halogens is 2. The first kappa shape index (κ1) is 22.6. The van der Waals surface area contributed by atoms with Gasteiger partial charge in [-0.15, -0.1) is 11.8 Å². The molecular formula is C21H24Cl2N2O2S. The lowest BCUT2D eigenvalue weighted by Gasteiger charge is -2.28. The molecule has 0 radical (unpaired) electrons. The summed E-state index contributed by atoms with van der Waals surface area (Å²) in [7, 11) is 1.56. The number of hydrogen-bond donors (Lipinski definition) is 1. The van der Waals surface area contributed by atoms with Crippen molar-refractivity contribution in [3.05, 3.63) is 63.6 Å². The Labute approximate surface area is 180 Å². The Morgan fingerprint density at radius 3 is 2.39 bits per heavy atom. The van der Waals surface area contributed by atoms with E-state index in [1.54, 1.807) is 42.8 Å². The molecule has 0 saturated heterocycles. The topological polar surface area (TPSA) is 49.4 Å². The van der Waals surface area contributed by atoms with Gasteiger partial charge in [0.2, 0.25) is 11.8 Å². The normalized spacial score (nSPS) is 11.8. The minimum absolute atomic E-state index is 0.0817. The van der Waals surface area contributed by atoms with Crippen LogP contribution in [0.4, 0.5) is 0 Å². The highest BCUT2D eigenvalue weighted by atomic mass is 35.5. The second-order valence-corrected chi connectivity index (χ2v) is 8.45. The van der Waals surface area contributed by atoms with Crippen molar-refractivity contribution >= 4 is 46.8 Å². The third-order valence-corrected chi connectivity index (χ3v) is 6.11. The van der Waals surface area contributed by atoms with Gasteiger partial charge in [0.25, 0.3) is 0 Å². The van der Waals surface area contributed by atoms with E-state index in [0.717, 1.165) is 10.5 Å². The maximum absolute atomic E-state index is 12.9. The van der Waals surface area contributed by atoms with Gasteiger partial charge in [-0.2, -0.15) is 0 Å². The van der Waals surface area contributed by atoms with Crippen molar-refractivity contribution in [3.8, 4) is 0 Å². The van der Waals surface area contributed by atoms with Gasteiger partial charge in [0.05, 0.1) is 10.0 Å². The van der Waals surface area contributed by atoms with Crippen molar-refractivity contribution in [2.24, 2.45) is 0 Å². The van der Waals surface area contributed by atoms with Gasteiger partial charge in [0, 0.05) is 30.7 Å². The largest absolute Gasteiger partial charge is 0.357 e. The molecule has 150 valence electrons. The Morgan fingerprint density at radius 1 is 1.11 bits per heavy atom. The molecule has 1 N–H and O–H groups in total. The van der Waals surface area contributed by atoms with Crippen LogP contribution >= 0.6 is 35.0 Å². The Kier molecular flexibility index (Phi) is 8.67. The van der Waals surface area contributed by atoms with E-state index in [1.807, 2.05) is 37.3 Å². The SMILES string of the molecule is CNC(=O)[C@@H](C)N(Cc1ccc(Cl)c(Cl)c1)C(=O)CCSc1ccc(C)cc1. The van der Waals surface area contributed by atoms with Crippen LogP contribution in [-0.2, 0) is 16.1 Å². The average Bonchev–Trinajstić information content (AvgIpc) is 2.69. The van der Waals surface area contributed by atoms with Gasteiger partial charge < -0.3 is 10.2 Å². The summed E-state index contributed by atoms with van der Waals surface area (Å²) in [5, 5.41) is 3.49. The molecule has 28 heavy (non-hydrogen) atoms. The fraction of sp³-hybridized carbons (Fsp3) is 0.333. The average molecular weight is 439 g/mol. The lowest BCUT2D eigenvalue weighted by Crippen LogP contribution is -2.46. The molecule has 0 saturated carbocycles. The number of benzene rings is 2. The molecule has 7 heteroatoms. The Bertz CT molecular complexity index is 828. The molecule has 0 aliphatic carbocycles. The van der Waals surface area contributed by atoms with Crippen LogP contribution in [0.25, 0.3) is 0 Å². The summed E-state index contributed by atoms with van der Waals surface area (Å²) in [6, 6.07) is 12.8. The van der Waals surface area contributed by atoms with Crippen molar-refractivity contribution < 1.29 is 9.59 Å². The zero-order valence-corrected chi connectivity index (χ0v) is 18.5. The molecular weight excluding hydrogens is 415 g/mol. The van der Waals surface area contributed by atoms with Crippen LogP contribution in [0, 0.1) is 6.92 Å². The third kappa shape index (κ3) is 6.43. The van der Waals surface area contributed by atoms with Crippen LogP contribution in [-0.4, -0.2) is 35.6 Å². The van der Waals surface area contributed by atoms with Crippen LogP contribution in [0.3, 0.4) is 0 Å². The molecule has 0 bridgehead atoms. The number of rotatable bonds is 8. The van der Waals surface area contributed by atoms with E-state index >= 15 is 0 Å². The van der Waals surface area contributed by atoms with Crippen molar-refractivity contribution in [3.63, 3.8) is 0 Å². The second-order valence-electron chi connectivity index (χ2n) is 6.47. The smallest absolute Gasteiger partial charge is 0.242 e. The number of amides is 2. The van der Waals surface area contributed by atoms with E-state index in [9.17, 15) is 9.59 Å². The molecule has 0 aliphatic heterocycles. The lowest BCUT2D eigenvalue weighted by molar-refractivity contribution is -0.140.